The Morgan fingerprint density at radius 1 is 1.26 bits per heavy atom. The Labute approximate surface area is 161 Å². The molecule has 4 rings (SSSR count). The first kappa shape index (κ1) is 17.5. The van der Waals surface area contributed by atoms with Gasteiger partial charge in [-0.1, -0.05) is 11.6 Å². The molecule has 0 saturated carbocycles. The van der Waals surface area contributed by atoms with Crippen molar-refractivity contribution in [3.8, 4) is 0 Å². The van der Waals surface area contributed by atoms with Crippen molar-refractivity contribution in [2.75, 3.05) is 37.5 Å². The zero-order chi connectivity index (χ0) is 18.8. The molecule has 0 spiro atoms. The van der Waals surface area contributed by atoms with Crippen LogP contribution in [0.1, 0.15) is 0 Å². The minimum absolute atomic E-state index is 0.450. The number of fused-ring (bicyclic) bond motifs is 2. The van der Waals surface area contributed by atoms with Crippen LogP contribution in [0.2, 0.25) is 5.15 Å². The summed E-state index contributed by atoms with van der Waals surface area (Å²) in [5.41, 5.74) is 2.58. The Morgan fingerprint density at radius 3 is 3.00 bits per heavy atom. The smallest absolute Gasteiger partial charge is 0.178 e. The quantitative estimate of drug-likeness (QED) is 0.491. The van der Waals surface area contributed by atoms with Gasteiger partial charge in [0, 0.05) is 38.0 Å². The zero-order valence-corrected chi connectivity index (χ0v) is 15.8. The molecule has 0 atom stereocenters. The van der Waals surface area contributed by atoms with Gasteiger partial charge in [-0.05, 0) is 41.8 Å². The summed E-state index contributed by atoms with van der Waals surface area (Å²) in [6.07, 6.45) is 1.75. The normalized spacial score (nSPS) is 11.2. The number of halogens is 1. The van der Waals surface area contributed by atoms with Gasteiger partial charge < -0.3 is 15.0 Å². The summed E-state index contributed by atoms with van der Waals surface area (Å²) in [6.45, 7) is 1.34. The fourth-order valence-corrected chi connectivity index (χ4v) is 3.19. The third-order valence-corrected chi connectivity index (χ3v) is 4.55. The minimum Gasteiger partial charge on any atom is -0.383 e. The number of anilines is 3. The number of methoxy groups -OCH3 is 1. The summed E-state index contributed by atoms with van der Waals surface area (Å²) >= 11 is 6.26. The second kappa shape index (κ2) is 7.38. The van der Waals surface area contributed by atoms with E-state index >= 15 is 0 Å². The van der Waals surface area contributed by atoms with Crippen LogP contribution in [0.5, 0.6) is 0 Å². The molecular formula is C19H19ClN6O. The summed E-state index contributed by atoms with van der Waals surface area (Å²) < 4.78 is 5.16. The van der Waals surface area contributed by atoms with Crippen LogP contribution in [0.25, 0.3) is 21.8 Å². The molecule has 7 nitrogen and oxygen atoms in total. The van der Waals surface area contributed by atoms with Gasteiger partial charge in [0.15, 0.2) is 5.82 Å². The second-order valence-corrected chi connectivity index (χ2v) is 6.60. The first-order chi connectivity index (χ1) is 13.2. The number of likely N-dealkylation sites (N-methyl/N-ethyl adjacent to an activating group) is 1. The molecule has 0 amide bonds. The number of ether oxygens (including phenoxy) is 1. The molecule has 0 fully saturated rings. The monoisotopic (exact) mass is 382 g/mol. The van der Waals surface area contributed by atoms with E-state index in [1.54, 1.807) is 13.3 Å². The largest absolute Gasteiger partial charge is 0.383 e. The van der Waals surface area contributed by atoms with Crippen LogP contribution in [0.4, 0.5) is 17.3 Å². The van der Waals surface area contributed by atoms with Gasteiger partial charge in [-0.2, -0.15) is 5.10 Å². The topological polar surface area (TPSA) is 79.0 Å². The third kappa shape index (κ3) is 3.51. The van der Waals surface area contributed by atoms with Gasteiger partial charge in [0.25, 0.3) is 0 Å². The number of rotatable bonds is 6. The van der Waals surface area contributed by atoms with Crippen molar-refractivity contribution in [2.24, 2.45) is 0 Å². The van der Waals surface area contributed by atoms with E-state index < -0.39 is 0 Å². The van der Waals surface area contributed by atoms with E-state index in [0.29, 0.717) is 17.6 Å². The first-order valence-corrected chi connectivity index (χ1v) is 8.90. The average molecular weight is 383 g/mol. The van der Waals surface area contributed by atoms with Crippen molar-refractivity contribution in [2.45, 2.75) is 0 Å². The lowest BCUT2D eigenvalue weighted by Crippen LogP contribution is -2.23. The van der Waals surface area contributed by atoms with Crippen LogP contribution in [0.15, 0.2) is 42.6 Å². The van der Waals surface area contributed by atoms with E-state index in [0.717, 1.165) is 39.9 Å². The van der Waals surface area contributed by atoms with Gasteiger partial charge in [0.1, 0.15) is 16.5 Å². The van der Waals surface area contributed by atoms with E-state index in [1.807, 2.05) is 48.3 Å². The molecule has 3 heterocycles. The van der Waals surface area contributed by atoms with Crippen molar-refractivity contribution in [3.05, 3.63) is 47.7 Å². The predicted molar refractivity (Wildman–Crippen MR) is 109 cm³/mol. The maximum absolute atomic E-state index is 6.26. The van der Waals surface area contributed by atoms with E-state index in [-0.39, 0.29) is 0 Å². The van der Waals surface area contributed by atoms with Crippen LogP contribution < -0.4 is 10.2 Å². The number of aromatic amines is 1. The maximum Gasteiger partial charge on any atom is 0.178 e. The highest BCUT2D eigenvalue weighted by Crippen LogP contribution is 2.31. The number of benzene rings is 1. The number of nitrogens with zero attached hydrogens (tertiary/aromatic N) is 4. The van der Waals surface area contributed by atoms with Gasteiger partial charge in [0.05, 0.1) is 12.1 Å². The number of nitrogens with one attached hydrogen (secondary N) is 2. The summed E-state index contributed by atoms with van der Waals surface area (Å²) in [4.78, 5) is 10.9. The van der Waals surface area contributed by atoms with Crippen molar-refractivity contribution in [1.29, 1.82) is 0 Å². The summed E-state index contributed by atoms with van der Waals surface area (Å²) in [5, 5.41) is 13.1. The van der Waals surface area contributed by atoms with E-state index in [2.05, 4.69) is 25.5 Å². The molecule has 27 heavy (non-hydrogen) atoms. The standard InChI is InChI=1S/C19H19ClN6O/c1-26(8-9-27-2)19-14-6-5-13(10-12(14)11-16(20)23-19)22-18-17-15(24-25-18)4-3-7-21-17/h3-7,10-11H,8-9H2,1-2H3,(H2,22,24,25). The van der Waals surface area contributed by atoms with Crippen LogP contribution in [0, 0.1) is 0 Å². The van der Waals surface area contributed by atoms with Crippen molar-refractivity contribution >= 4 is 50.7 Å². The highest BCUT2D eigenvalue weighted by molar-refractivity contribution is 6.30. The zero-order valence-electron chi connectivity index (χ0n) is 15.0. The van der Waals surface area contributed by atoms with E-state index in [4.69, 9.17) is 16.3 Å². The molecule has 0 aliphatic heterocycles. The Morgan fingerprint density at radius 2 is 2.15 bits per heavy atom. The molecular weight excluding hydrogens is 364 g/mol. The van der Waals surface area contributed by atoms with Gasteiger partial charge in [-0.3, -0.25) is 10.1 Å². The molecule has 0 aliphatic carbocycles. The maximum atomic E-state index is 6.26. The SMILES string of the molecule is COCCN(C)c1nc(Cl)cc2cc(Nc3n[nH]c4cccnc34)ccc12. The van der Waals surface area contributed by atoms with Gasteiger partial charge in [-0.25, -0.2) is 4.98 Å². The summed E-state index contributed by atoms with van der Waals surface area (Å²) in [6, 6.07) is 11.7. The van der Waals surface area contributed by atoms with Crippen molar-refractivity contribution < 1.29 is 4.74 Å². The van der Waals surface area contributed by atoms with Crippen LogP contribution in [-0.4, -0.2) is 47.5 Å². The lowest BCUT2D eigenvalue weighted by atomic mass is 10.1. The Bertz CT molecular complexity index is 1100. The van der Waals surface area contributed by atoms with Crippen molar-refractivity contribution in [3.63, 3.8) is 0 Å². The number of hydrogen-bond acceptors (Lipinski definition) is 6. The summed E-state index contributed by atoms with van der Waals surface area (Å²) in [7, 11) is 3.66. The first-order valence-electron chi connectivity index (χ1n) is 8.52. The predicted octanol–water partition coefficient (Wildman–Crippen LogP) is 3.99. The van der Waals surface area contributed by atoms with Gasteiger partial charge in [0.2, 0.25) is 0 Å². The van der Waals surface area contributed by atoms with Crippen molar-refractivity contribution in [1.82, 2.24) is 20.2 Å². The molecule has 0 unspecified atom stereocenters. The van der Waals surface area contributed by atoms with E-state index in [9.17, 15) is 0 Å². The Balaban J connectivity index is 1.70. The number of hydrogen-bond donors (Lipinski definition) is 2. The molecule has 0 aliphatic rings. The third-order valence-electron chi connectivity index (χ3n) is 4.36. The number of pyridine rings is 2. The van der Waals surface area contributed by atoms with Gasteiger partial charge in [-0.15, -0.1) is 0 Å². The lowest BCUT2D eigenvalue weighted by molar-refractivity contribution is 0.206. The molecule has 4 aromatic rings. The fourth-order valence-electron chi connectivity index (χ4n) is 2.99. The van der Waals surface area contributed by atoms with Crippen LogP contribution >= 0.6 is 11.6 Å². The lowest BCUT2D eigenvalue weighted by Gasteiger charge is -2.20. The van der Waals surface area contributed by atoms with Crippen LogP contribution in [0.3, 0.4) is 0 Å². The van der Waals surface area contributed by atoms with Crippen LogP contribution in [-0.2, 0) is 4.74 Å². The minimum atomic E-state index is 0.450. The summed E-state index contributed by atoms with van der Waals surface area (Å²) in [5.74, 6) is 1.51. The highest BCUT2D eigenvalue weighted by Gasteiger charge is 2.12. The molecule has 8 heteroatoms. The number of aromatic nitrogens is 4. The number of H-pyrrole nitrogens is 1. The molecule has 0 radical (unpaired) electrons. The molecule has 1 aromatic carbocycles. The Kier molecular flexibility index (Phi) is 4.79. The highest BCUT2D eigenvalue weighted by atomic mass is 35.5. The molecule has 0 saturated heterocycles. The molecule has 0 bridgehead atoms. The molecule has 2 N–H and O–H groups in total. The Hall–Kier alpha value is -2.90. The average Bonchev–Trinajstić information content (AvgIpc) is 3.08. The molecule has 3 aromatic heterocycles. The van der Waals surface area contributed by atoms with Gasteiger partial charge >= 0.3 is 0 Å². The second-order valence-electron chi connectivity index (χ2n) is 6.22. The van der Waals surface area contributed by atoms with E-state index in [1.165, 1.54) is 0 Å². The fraction of sp³-hybridized carbons (Fsp3) is 0.211. The molecule has 138 valence electrons.